The van der Waals surface area contributed by atoms with Gasteiger partial charge in [0.2, 0.25) is 17.7 Å². The number of unbranched alkanes of at least 4 members (excludes halogenated alkanes) is 14. The molecule has 3 aliphatic carbocycles. The fourth-order valence-corrected chi connectivity index (χ4v) is 8.77. The fourth-order valence-electron chi connectivity index (χ4n) is 8.77. The summed E-state index contributed by atoms with van der Waals surface area (Å²) in [4.78, 5) is 49.3. The van der Waals surface area contributed by atoms with E-state index in [1.54, 1.807) is 0 Å². The Hall–Kier alpha value is -0.484. The summed E-state index contributed by atoms with van der Waals surface area (Å²) >= 11 is 0. The number of aliphatic carboxylic acids is 1. The largest absolute Gasteiger partial charge is 1.00 e. The van der Waals surface area contributed by atoms with Crippen LogP contribution in [-0.2, 0) is 19.2 Å². The summed E-state index contributed by atoms with van der Waals surface area (Å²) in [5, 5.41) is 19.8. The van der Waals surface area contributed by atoms with Crippen molar-refractivity contribution in [3.05, 3.63) is 0 Å². The van der Waals surface area contributed by atoms with Gasteiger partial charge in [-0.2, -0.15) is 0 Å². The summed E-state index contributed by atoms with van der Waals surface area (Å²) in [5.41, 5.74) is 0. The topological polar surface area (TPSA) is 127 Å². The van der Waals surface area contributed by atoms with Crippen molar-refractivity contribution in [3.63, 3.8) is 0 Å². The number of nitrogens with one attached hydrogen (secondary N) is 3. The number of hydrogen-bond donors (Lipinski definition) is 3. The first-order valence-corrected chi connectivity index (χ1v) is 22.7. The SMILES string of the molecule is CC1CCCCC1NC(=O)CC(CC(=O)NC1CCCCC1C)C(=O)NC1CCCCC1C.CCCCCCCCCCCCCCCCCC(=O)[O-].[K+]. The van der Waals surface area contributed by atoms with Crippen LogP contribution >= 0.6 is 0 Å². The third-order valence-electron chi connectivity index (χ3n) is 12.6. The van der Waals surface area contributed by atoms with Crippen LogP contribution in [0.2, 0.25) is 0 Å². The van der Waals surface area contributed by atoms with E-state index in [4.69, 9.17) is 0 Å². The van der Waals surface area contributed by atoms with Crippen molar-refractivity contribution < 1.29 is 75.7 Å². The van der Waals surface area contributed by atoms with E-state index in [1.165, 1.54) is 103 Å². The first kappa shape index (κ1) is 51.5. The summed E-state index contributed by atoms with van der Waals surface area (Å²) in [5.74, 6) is -0.460. The van der Waals surface area contributed by atoms with Crippen molar-refractivity contribution in [1.82, 2.24) is 16.0 Å². The van der Waals surface area contributed by atoms with E-state index >= 15 is 0 Å². The minimum Gasteiger partial charge on any atom is -0.550 e. The third kappa shape index (κ3) is 24.3. The maximum absolute atomic E-state index is 13.3. The monoisotopic (exact) mass is 784 g/mol. The second-order valence-corrected chi connectivity index (χ2v) is 17.4. The number of carbonyl (C=O) groups is 4. The molecule has 3 amide bonds. The van der Waals surface area contributed by atoms with Gasteiger partial charge in [0.15, 0.2) is 0 Å². The molecule has 0 spiro atoms. The Balaban J connectivity index is 0.000000601. The first-order chi connectivity index (χ1) is 25.6. The molecule has 3 N–H and O–H groups in total. The van der Waals surface area contributed by atoms with Crippen molar-refractivity contribution in [3.8, 4) is 0 Å². The molecular weight excluding hydrogens is 702 g/mol. The Morgan fingerprint density at radius 2 is 0.815 bits per heavy atom. The Labute approximate surface area is 374 Å². The van der Waals surface area contributed by atoms with Gasteiger partial charge in [0.1, 0.15) is 0 Å². The second-order valence-electron chi connectivity index (χ2n) is 17.4. The number of carboxylic acids is 1. The molecule has 3 aliphatic rings. The minimum atomic E-state index is -0.903. The summed E-state index contributed by atoms with van der Waals surface area (Å²) in [6.07, 6.45) is 33.5. The van der Waals surface area contributed by atoms with Gasteiger partial charge in [0.25, 0.3) is 0 Å². The van der Waals surface area contributed by atoms with Crippen molar-refractivity contribution >= 4 is 23.7 Å². The van der Waals surface area contributed by atoms with E-state index in [0.717, 1.165) is 70.6 Å². The Morgan fingerprint density at radius 3 is 1.15 bits per heavy atom. The quantitative estimate of drug-likeness (QED) is 0.0765. The van der Waals surface area contributed by atoms with Crippen LogP contribution in [0.15, 0.2) is 0 Å². The Morgan fingerprint density at radius 1 is 0.500 bits per heavy atom. The van der Waals surface area contributed by atoms with Gasteiger partial charge in [-0.15, -0.1) is 0 Å². The number of carbonyl (C=O) groups excluding carboxylic acids is 4. The van der Waals surface area contributed by atoms with Gasteiger partial charge in [0, 0.05) is 36.9 Å². The molecule has 3 fully saturated rings. The molecule has 6 atom stereocenters. The maximum Gasteiger partial charge on any atom is 1.00 e. The normalized spacial score (nSPS) is 24.5. The summed E-state index contributed by atoms with van der Waals surface area (Å²) in [6.45, 7) is 8.84. The molecule has 9 heteroatoms. The number of carboxylic acid groups (broad SMARTS) is 1. The van der Waals surface area contributed by atoms with Crippen molar-refractivity contribution in [1.29, 1.82) is 0 Å². The molecule has 0 heterocycles. The van der Waals surface area contributed by atoms with Gasteiger partial charge in [-0.1, -0.05) is 156 Å². The molecule has 3 rings (SSSR count). The van der Waals surface area contributed by atoms with Gasteiger partial charge >= 0.3 is 51.4 Å². The molecule has 54 heavy (non-hydrogen) atoms. The molecular formula is C45H82KN3O5. The zero-order valence-corrected chi connectivity index (χ0v) is 38.9. The second kappa shape index (κ2) is 32.5. The van der Waals surface area contributed by atoms with Crippen LogP contribution in [0.4, 0.5) is 0 Å². The standard InChI is InChI=1S/C27H47N3O3.C18H36O2.K/c1-18-10-4-7-13-22(18)28-25(31)16-21(27(33)30-24-15-9-6-12-20(24)3)17-26(32)29-23-14-8-5-11-19(23)2;1-2-3-4-5-6-7-8-9-10-11-12-13-14-15-16-17-18(19)20;/h18-24H,4-17H2,1-3H3,(H,28,31)(H,29,32)(H,30,33);2-17H2,1H3,(H,19,20);/q;;+1/p-1. The zero-order chi connectivity index (χ0) is 38.7. The smallest absolute Gasteiger partial charge is 0.550 e. The van der Waals surface area contributed by atoms with Crippen molar-refractivity contribution in [2.45, 2.75) is 238 Å². The molecule has 0 saturated heterocycles. The summed E-state index contributed by atoms with van der Waals surface area (Å²) in [6, 6.07) is 0.520. The van der Waals surface area contributed by atoms with E-state index in [1.807, 2.05) is 0 Å². The molecule has 8 nitrogen and oxygen atoms in total. The average molecular weight is 784 g/mol. The fraction of sp³-hybridized carbons (Fsp3) is 0.911. The van der Waals surface area contributed by atoms with E-state index in [2.05, 4.69) is 43.6 Å². The van der Waals surface area contributed by atoms with E-state index in [-0.39, 0.29) is 106 Å². The van der Waals surface area contributed by atoms with Crippen molar-refractivity contribution in [2.24, 2.45) is 23.7 Å². The molecule has 0 aromatic carbocycles. The summed E-state index contributed by atoms with van der Waals surface area (Å²) in [7, 11) is 0. The van der Waals surface area contributed by atoms with Crippen molar-refractivity contribution in [2.75, 3.05) is 0 Å². The number of amides is 3. The molecule has 6 unspecified atom stereocenters. The van der Waals surface area contributed by atoms with Crippen LogP contribution in [0, 0.1) is 23.7 Å². The number of hydrogen-bond acceptors (Lipinski definition) is 5. The van der Waals surface area contributed by atoms with E-state index in [0.29, 0.717) is 17.8 Å². The van der Waals surface area contributed by atoms with Crippen LogP contribution in [0.5, 0.6) is 0 Å². The van der Waals surface area contributed by atoms with Crippen LogP contribution in [0.3, 0.4) is 0 Å². The van der Waals surface area contributed by atoms with E-state index in [9.17, 15) is 24.3 Å². The van der Waals surface area contributed by atoms with Crippen LogP contribution in [0.1, 0.15) is 220 Å². The Bertz CT molecular complexity index is 974. The molecule has 308 valence electrons. The van der Waals surface area contributed by atoms with Gasteiger partial charge in [0.05, 0.1) is 5.92 Å². The van der Waals surface area contributed by atoms with Crippen LogP contribution in [0.25, 0.3) is 0 Å². The summed E-state index contributed by atoms with van der Waals surface area (Å²) < 4.78 is 0. The molecule has 3 saturated carbocycles. The predicted molar refractivity (Wildman–Crippen MR) is 216 cm³/mol. The van der Waals surface area contributed by atoms with Gasteiger partial charge in [-0.25, -0.2) is 0 Å². The van der Waals surface area contributed by atoms with E-state index < -0.39 is 11.9 Å². The minimum absolute atomic E-state index is 0. The van der Waals surface area contributed by atoms with Crippen LogP contribution < -0.4 is 72.4 Å². The van der Waals surface area contributed by atoms with Gasteiger partial charge in [-0.3, -0.25) is 14.4 Å². The Kier molecular flexibility index (Phi) is 31.0. The van der Waals surface area contributed by atoms with Gasteiger partial charge in [-0.05, 0) is 69.1 Å². The average Bonchev–Trinajstić information content (AvgIpc) is 3.12. The van der Waals surface area contributed by atoms with Gasteiger partial charge < -0.3 is 25.9 Å². The zero-order valence-electron chi connectivity index (χ0n) is 35.8. The third-order valence-corrected chi connectivity index (χ3v) is 12.6. The molecule has 0 aliphatic heterocycles. The maximum atomic E-state index is 13.3. The first-order valence-electron chi connectivity index (χ1n) is 22.7. The predicted octanol–water partition coefficient (Wildman–Crippen LogP) is 6.47. The van der Waals surface area contributed by atoms with Crippen LogP contribution in [-0.4, -0.2) is 41.8 Å². The molecule has 0 bridgehead atoms. The molecule has 0 aromatic rings. The number of rotatable bonds is 24. The molecule has 0 radical (unpaired) electrons. The molecule has 0 aromatic heterocycles.